The molecule has 4 nitrogen and oxygen atoms in total. The number of carbonyl (C=O) groups is 2. The Balaban J connectivity index is 2.48. The van der Waals surface area contributed by atoms with Gasteiger partial charge in [-0.25, -0.2) is 0 Å². The van der Waals surface area contributed by atoms with Gasteiger partial charge in [0.1, 0.15) is 5.75 Å². The number of benzene rings is 1. The van der Waals surface area contributed by atoms with Gasteiger partial charge in [-0.3, -0.25) is 9.59 Å². The zero-order chi connectivity index (χ0) is 13.5. The van der Waals surface area contributed by atoms with Crippen molar-refractivity contribution in [3.8, 4) is 5.75 Å². The molecule has 1 unspecified atom stereocenters. The normalized spacial score (nSPS) is 11.6. The molecule has 1 N–H and O–H groups in total. The van der Waals surface area contributed by atoms with Crippen LogP contribution in [0.2, 0.25) is 0 Å². The molecule has 1 aromatic rings. The largest absolute Gasteiger partial charge is 0.481 e. The van der Waals surface area contributed by atoms with Gasteiger partial charge in [0.05, 0.1) is 0 Å². The van der Waals surface area contributed by atoms with Crippen molar-refractivity contribution in [1.29, 1.82) is 0 Å². The van der Waals surface area contributed by atoms with E-state index < -0.39 is 11.9 Å². The lowest BCUT2D eigenvalue weighted by Gasteiger charge is -2.08. The second-order valence-corrected chi connectivity index (χ2v) is 4.15. The molecule has 0 radical (unpaired) electrons. The maximum Gasteiger partial charge on any atom is 0.311 e. The Kier molecular flexibility index (Phi) is 5.11. The molecule has 0 saturated heterocycles. The molecule has 0 amide bonds. The summed E-state index contributed by atoms with van der Waals surface area (Å²) in [5, 5.41) is 8.58. The number of hydrogen-bond donors (Lipinski definition) is 1. The van der Waals surface area contributed by atoms with E-state index >= 15 is 0 Å². The lowest BCUT2D eigenvalue weighted by atomic mass is 10.0. The standard InChI is InChI=1S/C14H16O4/c1-3-11-4-6-12(7-5-11)18-14(17)9-10(2)8-13(15)16/h3-7,10H,1,8-9H2,2H3,(H,15,16). The van der Waals surface area contributed by atoms with Crippen molar-refractivity contribution in [1.82, 2.24) is 0 Å². The van der Waals surface area contributed by atoms with Crippen LogP contribution in [0.15, 0.2) is 30.8 Å². The van der Waals surface area contributed by atoms with Crippen molar-refractivity contribution in [2.24, 2.45) is 5.92 Å². The molecule has 0 aliphatic rings. The Hall–Kier alpha value is -2.10. The first-order chi connectivity index (χ1) is 8.51. The third kappa shape index (κ3) is 4.82. The van der Waals surface area contributed by atoms with Crippen molar-refractivity contribution < 1.29 is 19.4 Å². The van der Waals surface area contributed by atoms with Gasteiger partial charge in [0.2, 0.25) is 0 Å². The fourth-order valence-electron chi connectivity index (χ4n) is 1.50. The van der Waals surface area contributed by atoms with Crippen LogP contribution < -0.4 is 4.74 Å². The summed E-state index contributed by atoms with van der Waals surface area (Å²) in [7, 11) is 0. The summed E-state index contributed by atoms with van der Waals surface area (Å²) in [5.74, 6) is -1.11. The Labute approximate surface area is 106 Å². The van der Waals surface area contributed by atoms with Gasteiger partial charge in [0, 0.05) is 12.8 Å². The molecular formula is C14H16O4. The molecule has 18 heavy (non-hydrogen) atoms. The van der Waals surface area contributed by atoms with Crippen LogP contribution in [0.1, 0.15) is 25.3 Å². The molecule has 0 fully saturated rings. The molecule has 4 heteroatoms. The SMILES string of the molecule is C=Cc1ccc(OC(=O)CC(C)CC(=O)O)cc1. The average molecular weight is 248 g/mol. The van der Waals surface area contributed by atoms with Gasteiger partial charge in [-0.05, 0) is 23.6 Å². The van der Waals surface area contributed by atoms with Crippen molar-refractivity contribution in [3.63, 3.8) is 0 Å². The first-order valence-electron chi connectivity index (χ1n) is 5.66. The Morgan fingerprint density at radius 3 is 2.44 bits per heavy atom. The monoisotopic (exact) mass is 248 g/mol. The maximum absolute atomic E-state index is 11.5. The molecule has 0 aromatic heterocycles. The lowest BCUT2D eigenvalue weighted by molar-refractivity contribution is -0.139. The van der Waals surface area contributed by atoms with Gasteiger partial charge >= 0.3 is 11.9 Å². The molecule has 0 spiro atoms. The Morgan fingerprint density at radius 1 is 1.33 bits per heavy atom. The van der Waals surface area contributed by atoms with Gasteiger partial charge in [0.15, 0.2) is 0 Å². The Morgan fingerprint density at radius 2 is 1.94 bits per heavy atom. The van der Waals surface area contributed by atoms with Gasteiger partial charge in [-0.2, -0.15) is 0 Å². The van der Waals surface area contributed by atoms with E-state index in [9.17, 15) is 9.59 Å². The number of hydrogen-bond acceptors (Lipinski definition) is 3. The highest BCUT2D eigenvalue weighted by molar-refractivity contribution is 5.74. The molecular weight excluding hydrogens is 232 g/mol. The zero-order valence-electron chi connectivity index (χ0n) is 10.3. The molecule has 0 saturated carbocycles. The van der Waals surface area contributed by atoms with E-state index in [1.165, 1.54) is 0 Å². The van der Waals surface area contributed by atoms with Crippen LogP contribution in [-0.2, 0) is 9.59 Å². The van der Waals surface area contributed by atoms with E-state index in [1.807, 2.05) is 0 Å². The second-order valence-electron chi connectivity index (χ2n) is 4.15. The molecule has 0 heterocycles. The lowest BCUT2D eigenvalue weighted by Crippen LogP contribution is -2.14. The van der Waals surface area contributed by atoms with E-state index in [4.69, 9.17) is 9.84 Å². The number of carboxylic acids is 1. The van der Waals surface area contributed by atoms with Gasteiger partial charge in [0.25, 0.3) is 0 Å². The predicted molar refractivity (Wildman–Crippen MR) is 68.2 cm³/mol. The molecule has 0 aliphatic heterocycles. The van der Waals surface area contributed by atoms with E-state index in [0.717, 1.165) is 5.56 Å². The van der Waals surface area contributed by atoms with Crippen LogP contribution in [0.5, 0.6) is 5.75 Å². The van der Waals surface area contributed by atoms with Crippen molar-refractivity contribution in [2.75, 3.05) is 0 Å². The fraction of sp³-hybridized carbons (Fsp3) is 0.286. The summed E-state index contributed by atoms with van der Waals surface area (Å²) in [6.45, 7) is 5.33. The van der Waals surface area contributed by atoms with E-state index in [1.54, 1.807) is 37.3 Å². The van der Waals surface area contributed by atoms with E-state index in [2.05, 4.69) is 6.58 Å². The second kappa shape index (κ2) is 6.59. The van der Waals surface area contributed by atoms with Crippen molar-refractivity contribution in [2.45, 2.75) is 19.8 Å². The van der Waals surface area contributed by atoms with E-state index in [0.29, 0.717) is 5.75 Å². The predicted octanol–water partition coefficient (Wildman–Crippen LogP) is 2.74. The number of carboxylic acid groups (broad SMARTS) is 1. The molecule has 0 bridgehead atoms. The highest BCUT2D eigenvalue weighted by atomic mass is 16.5. The maximum atomic E-state index is 11.5. The zero-order valence-corrected chi connectivity index (χ0v) is 10.3. The van der Waals surface area contributed by atoms with Crippen molar-refractivity contribution >= 4 is 18.0 Å². The summed E-state index contributed by atoms with van der Waals surface area (Å²) in [6.07, 6.45) is 1.75. The number of ether oxygens (including phenoxy) is 1. The topological polar surface area (TPSA) is 63.6 Å². The number of rotatable bonds is 6. The van der Waals surface area contributed by atoms with E-state index in [-0.39, 0.29) is 18.8 Å². The highest BCUT2D eigenvalue weighted by Gasteiger charge is 2.14. The third-order valence-electron chi connectivity index (χ3n) is 2.39. The minimum Gasteiger partial charge on any atom is -0.481 e. The molecule has 96 valence electrons. The highest BCUT2D eigenvalue weighted by Crippen LogP contribution is 2.15. The number of aliphatic carboxylic acids is 1. The molecule has 0 aliphatic carbocycles. The number of esters is 1. The summed E-state index contributed by atoms with van der Waals surface area (Å²) < 4.78 is 5.10. The minimum atomic E-state index is -0.911. The molecule has 1 aromatic carbocycles. The summed E-state index contributed by atoms with van der Waals surface area (Å²) >= 11 is 0. The van der Waals surface area contributed by atoms with Gasteiger partial charge in [-0.15, -0.1) is 0 Å². The van der Waals surface area contributed by atoms with Crippen LogP contribution in [0.3, 0.4) is 0 Å². The van der Waals surface area contributed by atoms with Crippen LogP contribution in [-0.4, -0.2) is 17.0 Å². The minimum absolute atomic E-state index is 0.0372. The summed E-state index contributed by atoms with van der Waals surface area (Å²) in [5.41, 5.74) is 0.939. The molecule has 1 atom stereocenters. The summed E-state index contributed by atoms with van der Waals surface area (Å²) in [6, 6.07) is 6.93. The smallest absolute Gasteiger partial charge is 0.311 e. The van der Waals surface area contributed by atoms with Crippen LogP contribution in [0, 0.1) is 5.92 Å². The van der Waals surface area contributed by atoms with Crippen LogP contribution >= 0.6 is 0 Å². The first kappa shape index (κ1) is 14.0. The fourth-order valence-corrected chi connectivity index (χ4v) is 1.50. The first-order valence-corrected chi connectivity index (χ1v) is 5.66. The van der Waals surface area contributed by atoms with Crippen LogP contribution in [0.4, 0.5) is 0 Å². The van der Waals surface area contributed by atoms with Crippen molar-refractivity contribution in [3.05, 3.63) is 36.4 Å². The summed E-state index contributed by atoms with van der Waals surface area (Å²) in [4.78, 5) is 22.0. The average Bonchev–Trinajstić information content (AvgIpc) is 2.28. The van der Waals surface area contributed by atoms with Crippen LogP contribution in [0.25, 0.3) is 6.08 Å². The third-order valence-corrected chi connectivity index (χ3v) is 2.39. The number of carbonyl (C=O) groups excluding carboxylic acids is 1. The molecule has 1 rings (SSSR count). The quantitative estimate of drug-likeness (QED) is 0.621. The van der Waals surface area contributed by atoms with Gasteiger partial charge < -0.3 is 9.84 Å². The van der Waals surface area contributed by atoms with Gasteiger partial charge in [-0.1, -0.05) is 31.7 Å². The Bertz CT molecular complexity index is 434.